The maximum absolute atomic E-state index is 11.8. The number of hydrogen-bond acceptors (Lipinski definition) is 4. The Morgan fingerprint density at radius 1 is 1.40 bits per heavy atom. The average Bonchev–Trinajstić information content (AvgIpc) is 2.86. The molecule has 0 aromatic carbocycles. The highest BCUT2D eigenvalue weighted by atomic mass is 16.4. The molecule has 1 aliphatic rings. The van der Waals surface area contributed by atoms with Crippen molar-refractivity contribution in [3.63, 3.8) is 0 Å². The molecular formula is C14H17N3O3. The number of hydrogen-bond donors (Lipinski definition) is 2. The number of amides is 1. The van der Waals surface area contributed by atoms with Crippen molar-refractivity contribution in [3.05, 3.63) is 36.2 Å². The summed E-state index contributed by atoms with van der Waals surface area (Å²) in [6, 6.07) is 3.39. The van der Waals surface area contributed by atoms with E-state index >= 15 is 0 Å². The van der Waals surface area contributed by atoms with Crippen LogP contribution in [0.25, 0.3) is 0 Å². The van der Waals surface area contributed by atoms with Crippen molar-refractivity contribution in [2.24, 2.45) is 5.92 Å². The summed E-state index contributed by atoms with van der Waals surface area (Å²) in [5, 5.41) is 12.1. The summed E-state index contributed by atoms with van der Waals surface area (Å²) in [6.45, 7) is 0. The largest absolute Gasteiger partial charge is 0.481 e. The van der Waals surface area contributed by atoms with Gasteiger partial charge in [0, 0.05) is 32.0 Å². The van der Waals surface area contributed by atoms with Gasteiger partial charge in [0.05, 0.1) is 5.92 Å². The van der Waals surface area contributed by atoms with Crippen molar-refractivity contribution in [2.45, 2.75) is 12.5 Å². The molecule has 20 heavy (non-hydrogen) atoms. The first-order chi connectivity index (χ1) is 9.47. The van der Waals surface area contributed by atoms with E-state index in [0.717, 1.165) is 5.69 Å². The van der Waals surface area contributed by atoms with Crippen LogP contribution in [0.2, 0.25) is 0 Å². The van der Waals surface area contributed by atoms with E-state index in [1.807, 2.05) is 6.08 Å². The van der Waals surface area contributed by atoms with Crippen LogP contribution in [0.5, 0.6) is 0 Å². The van der Waals surface area contributed by atoms with Gasteiger partial charge in [0.25, 0.3) is 5.91 Å². The lowest BCUT2D eigenvalue weighted by atomic mass is 10.1. The molecule has 106 valence electrons. The van der Waals surface area contributed by atoms with Crippen molar-refractivity contribution >= 4 is 17.6 Å². The molecule has 0 saturated carbocycles. The Balaban J connectivity index is 2.04. The first kappa shape index (κ1) is 14.0. The summed E-state index contributed by atoms with van der Waals surface area (Å²) in [4.78, 5) is 28.2. The number of anilines is 1. The molecule has 0 fully saturated rings. The number of rotatable bonds is 4. The summed E-state index contributed by atoms with van der Waals surface area (Å²) in [5.74, 6) is -1.43. The van der Waals surface area contributed by atoms with Gasteiger partial charge in [-0.1, -0.05) is 12.2 Å². The lowest BCUT2D eigenvalue weighted by Gasteiger charge is -2.15. The third-order valence-electron chi connectivity index (χ3n) is 3.14. The monoisotopic (exact) mass is 275 g/mol. The average molecular weight is 275 g/mol. The summed E-state index contributed by atoms with van der Waals surface area (Å²) in [5.41, 5.74) is 1.11. The number of carbonyl (C=O) groups excluding carboxylic acids is 1. The number of carboxylic acid groups (broad SMARTS) is 1. The van der Waals surface area contributed by atoms with Gasteiger partial charge in [-0.3, -0.25) is 14.6 Å². The Morgan fingerprint density at radius 3 is 2.75 bits per heavy atom. The fourth-order valence-electron chi connectivity index (χ4n) is 2.07. The van der Waals surface area contributed by atoms with Crippen LogP contribution >= 0.6 is 0 Å². The molecule has 2 N–H and O–H groups in total. The third-order valence-corrected chi connectivity index (χ3v) is 3.14. The maximum atomic E-state index is 11.8. The van der Waals surface area contributed by atoms with E-state index in [1.54, 1.807) is 38.5 Å². The molecule has 2 rings (SSSR count). The van der Waals surface area contributed by atoms with E-state index in [1.165, 1.54) is 4.90 Å². The molecule has 0 aliphatic heterocycles. The van der Waals surface area contributed by atoms with Crippen LogP contribution in [-0.2, 0) is 4.79 Å². The smallest absolute Gasteiger partial charge is 0.310 e. The van der Waals surface area contributed by atoms with Gasteiger partial charge in [0.1, 0.15) is 5.69 Å². The molecule has 0 spiro atoms. The molecule has 1 amide bonds. The quantitative estimate of drug-likeness (QED) is 0.807. The van der Waals surface area contributed by atoms with E-state index in [0.29, 0.717) is 12.1 Å². The second kappa shape index (κ2) is 5.73. The second-order valence-corrected chi connectivity index (χ2v) is 4.95. The van der Waals surface area contributed by atoms with Crippen LogP contribution in [0.15, 0.2) is 30.5 Å². The number of aromatic nitrogens is 1. The van der Waals surface area contributed by atoms with Gasteiger partial charge in [0.2, 0.25) is 0 Å². The van der Waals surface area contributed by atoms with E-state index in [2.05, 4.69) is 10.3 Å². The van der Waals surface area contributed by atoms with Gasteiger partial charge in [-0.05, 0) is 18.6 Å². The predicted octanol–water partition coefficient (Wildman–Crippen LogP) is 1.22. The number of pyridine rings is 1. The molecule has 1 aliphatic carbocycles. The lowest BCUT2D eigenvalue weighted by Crippen LogP contribution is -2.23. The topological polar surface area (TPSA) is 82.5 Å². The maximum Gasteiger partial charge on any atom is 0.310 e. The standard InChI is InChI=1S/C14H17N3O3/c1-17(2)13(18)12-8-11(5-6-15-12)16-10-4-3-9(7-10)14(19)20/h3-6,8-10H,7H2,1-2H3,(H,15,16)(H,19,20). The molecule has 1 heterocycles. The van der Waals surface area contributed by atoms with E-state index < -0.39 is 11.9 Å². The van der Waals surface area contributed by atoms with Crippen LogP contribution in [0, 0.1) is 5.92 Å². The van der Waals surface area contributed by atoms with Gasteiger partial charge >= 0.3 is 5.97 Å². The molecular weight excluding hydrogens is 258 g/mol. The number of nitrogens with one attached hydrogen (secondary N) is 1. The number of carbonyl (C=O) groups is 2. The molecule has 2 unspecified atom stereocenters. The zero-order valence-electron chi connectivity index (χ0n) is 11.4. The van der Waals surface area contributed by atoms with Crippen molar-refractivity contribution in [2.75, 3.05) is 19.4 Å². The summed E-state index contributed by atoms with van der Waals surface area (Å²) in [6.07, 6.45) is 5.60. The highest BCUT2D eigenvalue weighted by Gasteiger charge is 2.24. The second-order valence-electron chi connectivity index (χ2n) is 4.95. The zero-order chi connectivity index (χ0) is 14.7. The fraction of sp³-hybridized carbons (Fsp3) is 0.357. The number of aliphatic carboxylic acids is 1. The molecule has 0 radical (unpaired) electrons. The third kappa shape index (κ3) is 3.14. The SMILES string of the molecule is CN(C)C(=O)c1cc(NC2C=CC(C(=O)O)C2)ccn1. The Kier molecular flexibility index (Phi) is 4.02. The summed E-state index contributed by atoms with van der Waals surface area (Å²) >= 11 is 0. The zero-order valence-corrected chi connectivity index (χ0v) is 11.4. The Bertz CT molecular complexity index is 554. The van der Waals surface area contributed by atoms with Crippen molar-refractivity contribution in [1.29, 1.82) is 0 Å². The Hall–Kier alpha value is -2.37. The first-order valence-corrected chi connectivity index (χ1v) is 6.32. The van der Waals surface area contributed by atoms with Crippen LogP contribution in [0.3, 0.4) is 0 Å². The first-order valence-electron chi connectivity index (χ1n) is 6.32. The molecule has 2 atom stereocenters. The fourth-order valence-corrected chi connectivity index (χ4v) is 2.07. The van der Waals surface area contributed by atoms with E-state index in [4.69, 9.17) is 5.11 Å². The highest BCUT2D eigenvalue weighted by Crippen LogP contribution is 2.22. The Morgan fingerprint density at radius 2 is 2.15 bits per heavy atom. The minimum Gasteiger partial charge on any atom is -0.481 e. The summed E-state index contributed by atoms with van der Waals surface area (Å²) in [7, 11) is 3.34. The van der Waals surface area contributed by atoms with Gasteiger partial charge in [-0.25, -0.2) is 0 Å². The van der Waals surface area contributed by atoms with Gasteiger partial charge in [0.15, 0.2) is 0 Å². The number of nitrogens with zero attached hydrogens (tertiary/aromatic N) is 2. The Labute approximate surface area is 117 Å². The van der Waals surface area contributed by atoms with E-state index in [9.17, 15) is 9.59 Å². The van der Waals surface area contributed by atoms with Crippen LogP contribution < -0.4 is 5.32 Å². The van der Waals surface area contributed by atoms with Crippen LogP contribution in [0.4, 0.5) is 5.69 Å². The number of carboxylic acids is 1. The van der Waals surface area contributed by atoms with Gasteiger partial charge < -0.3 is 15.3 Å². The highest BCUT2D eigenvalue weighted by molar-refractivity contribution is 5.92. The molecule has 0 saturated heterocycles. The van der Waals surface area contributed by atoms with Crippen LogP contribution in [0.1, 0.15) is 16.9 Å². The lowest BCUT2D eigenvalue weighted by molar-refractivity contribution is -0.140. The molecule has 6 heteroatoms. The molecule has 1 aromatic heterocycles. The summed E-state index contributed by atoms with van der Waals surface area (Å²) < 4.78 is 0. The minimum absolute atomic E-state index is 0.0409. The molecule has 1 aromatic rings. The van der Waals surface area contributed by atoms with E-state index in [-0.39, 0.29) is 11.9 Å². The normalized spacial score (nSPS) is 20.7. The van der Waals surface area contributed by atoms with Crippen molar-refractivity contribution in [3.8, 4) is 0 Å². The van der Waals surface area contributed by atoms with Crippen molar-refractivity contribution in [1.82, 2.24) is 9.88 Å². The molecule has 6 nitrogen and oxygen atoms in total. The van der Waals surface area contributed by atoms with Gasteiger partial charge in [-0.2, -0.15) is 0 Å². The minimum atomic E-state index is -0.816. The molecule has 0 bridgehead atoms. The van der Waals surface area contributed by atoms with Gasteiger partial charge in [-0.15, -0.1) is 0 Å². The van der Waals surface area contributed by atoms with Crippen molar-refractivity contribution < 1.29 is 14.7 Å². The predicted molar refractivity (Wildman–Crippen MR) is 74.5 cm³/mol. The van der Waals surface area contributed by atoms with Crippen LogP contribution in [-0.4, -0.2) is 47.0 Å².